The SMILES string of the molecule is CC(=NC(C)(C)C)[N-]C(C)C(F)(F)F.CC(=NC(C)(C)C)[N-]C(C)C(F)F.[Cu+].[Cu+]. The zero-order chi connectivity index (χ0) is 22.2. The molecule has 0 aromatic heterocycles. The molecular formula is C18H33Cu2F5N4. The normalized spacial score (nSPS) is 15.3. The number of nitrogens with zero attached hydrogens (tertiary/aromatic N) is 4. The van der Waals surface area contributed by atoms with Crippen molar-refractivity contribution in [2.45, 2.75) is 105 Å². The van der Waals surface area contributed by atoms with Gasteiger partial charge < -0.3 is 20.6 Å². The van der Waals surface area contributed by atoms with Crippen LogP contribution in [0.5, 0.6) is 0 Å². The van der Waals surface area contributed by atoms with Gasteiger partial charge in [0.2, 0.25) is 6.43 Å². The molecule has 0 rings (SSSR count). The van der Waals surface area contributed by atoms with Crippen molar-refractivity contribution in [2.24, 2.45) is 9.98 Å². The van der Waals surface area contributed by atoms with E-state index in [9.17, 15) is 22.0 Å². The molecule has 0 radical (unpaired) electrons. The van der Waals surface area contributed by atoms with E-state index in [1.807, 2.05) is 41.5 Å². The zero-order valence-electron chi connectivity index (χ0n) is 18.5. The van der Waals surface area contributed by atoms with E-state index in [1.165, 1.54) is 13.8 Å². The number of halogens is 5. The molecule has 182 valence electrons. The van der Waals surface area contributed by atoms with Crippen molar-refractivity contribution < 1.29 is 56.1 Å². The molecule has 4 nitrogen and oxygen atoms in total. The smallest absolute Gasteiger partial charge is 0.464 e. The first kappa shape index (κ1) is 36.0. The fraction of sp³-hybridized carbons (Fsp3) is 0.889. The van der Waals surface area contributed by atoms with Gasteiger partial charge in [-0.15, -0.1) is 0 Å². The quantitative estimate of drug-likeness (QED) is 0.169. The average Bonchev–Trinajstić information content (AvgIpc) is 2.32. The van der Waals surface area contributed by atoms with Crippen LogP contribution in [0.15, 0.2) is 9.98 Å². The van der Waals surface area contributed by atoms with E-state index in [1.54, 1.807) is 6.92 Å². The Morgan fingerprint density at radius 2 is 1.03 bits per heavy atom. The Balaban J connectivity index is -0.000000202. The second-order valence-electron chi connectivity index (χ2n) is 8.21. The van der Waals surface area contributed by atoms with E-state index < -0.39 is 24.7 Å². The first-order chi connectivity index (χ1) is 11.7. The first-order valence-electron chi connectivity index (χ1n) is 8.64. The molecular weight excluding hydrogens is 494 g/mol. The first-order valence-corrected chi connectivity index (χ1v) is 8.64. The van der Waals surface area contributed by atoms with E-state index in [4.69, 9.17) is 0 Å². The van der Waals surface area contributed by atoms with Crippen molar-refractivity contribution in [3.63, 3.8) is 0 Å². The maximum atomic E-state index is 12.1. The predicted molar refractivity (Wildman–Crippen MR) is 103 cm³/mol. The summed E-state index contributed by atoms with van der Waals surface area (Å²) in [5.74, 6) is 0.614. The maximum Gasteiger partial charge on any atom is 1.00 e. The third kappa shape index (κ3) is 23.8. The van der Waals surface area contributed by atoms with Crippen LogP contribution in [0.4, 0.5) is 22.0 Å². The Bertz CT molecular complexity index is 496. The van der Waals surface area contributed by atoms with Gasteiger partial charge in [0.05, 0.1) is 6.04 Å². The van der Waals surface area contributed by atoms with E-state index in [0.717, 1.165) is 6.92 Å². The maximum absolute atomic E-state index is 12.1. The van der Waals surface area contributed by atoms with Crippen molar-refractivity contribution in [1.82, 2.24) is 0 Å². The Morgan fingerprint density at radius 1 is 0.724 bits per heavy atom. The molecule has 0 aromatic carbocycles. The van der Waals surface area contributed by atoms with Crippen LogP contribution in [0.2, 0.25) is 0 Å². The van der Waals surface area contributed by atoms with Gasteiger partial charge >= 0.3 is 40.3 Å². The molecule has 0 aromatic rings. The Labute approximate surface area is 193 Å². The minimum atomic E-state index is -4.28. The van der Waals surface area contributed by atoms with Gasteiger partial charge in [-0.1, -0.05) is 67.1 Å². The van der Waals surface area contributed by atoms with Gasteiger partial charge in [0.25, 0.3) is 0 Å². The molecule has 2 unspecified atom stereocenters. The van der Waals surface area contributed by atoms with E-state index in [0.29, 0.717) is 5.84 Å². The third-order valence-corrected chi connectivity index (χ3v) is 2.60. The van der Waals surface area contributed by atoms with Crippen LogP contribution in [-0.4, -0.2) is 47.4 Å². The molecule has 2 atom stereocenters. The van der Waals surface area contributed by atoms with Crippen molar-refractivity contribution in [1.29, 1.82) is 0 Å². The average molecular weight is 528 g/mol. The summed E-state index contributed by atoms with van der Waals surface area (Å²) < 4.78 is 60.4. The largest absolute Gasteiger partial charge is 1.00 e. The summed E-state index contributed by atoms with van der Waals surface area (Å²) >= 11 is 0. The van der Waals surface area contributed by atoms with Crippen LogP contribution in [-0.2, 0) is 34.1 Å². The summed E-state index contributed by atoms with van der Waals surface area (Å²) in [5, 5.41) is 7.22. The summed E-state index contributed by atoms with van der Waals surface area (Å²) in [6.07, 6.45) is -6.69. The summed E-state index contributed by atoms with van der Waals surface area (Å²) in [7, 11) is 0. The predicted octanol–water partition coefficient (Wildman–Crippen LogP) is 6.75. The van der Waals surface area contributed by atoms with Crippen LogP contribution < -0.4 is 0 Å². The van der Waals surface area contributed by atoms with Crippen LogP contribution in [0.1, 0.15) is 69.2 Å². The minimum absolute atomic E-state index is 0. The standard InChI is InChI=1S/C9H16F3N2.C9H17F2N2.2Cu/c1-6(9(10,11)12)13-7(2)14-8(3,4)5;1-6(8(10)11)12-7(2)13-9(3,4)5;;/h6H,1-5H3;6,8H,1-5H3;;/q2*-1;2*+1. The number of rotatable bonds is 3. The molecule has 0 spiro atoms. The summed E-state index contributed by atoms with van der Waals surface area (Å²) in [6, 6.07) is -2.65. The van der Waals surface area contributed by atoms with Gasteiger partial charge in [-0.2, -0.15) is 13.2 Å². The molecule has 0 aliphatic rings. The van der Waals surface area contributed by atoms with Crippen molar-refractivity contribution in [3.05, 3.63) is 10.6 Å². The Kier molecular flexibility index (Phi) is 18.1. The number of alkyl halides is 5. The zero-order valence-corrected chi connectivity index (χ0v) is 20.4. The molecule has 11 heteroatoms. The fourth-order valence-electron chi connectivity index (χ4n) is 1.73. The van der Waals surface area contributed by atoms with Crippen molar-refractivity contribution in [2.75, 3.05) is 0 Å². The number of amidine groups is 2. The molecule has 0 N–H and O–H groups in total. The van der Waals surface area contributed by atoms with Gasteiger partial charge in [-0.25, -0.2) is 8.78 Å². The second-order valence-corrected chi connectivity index (χ2v) is 8.21. The molecule has 0 bridgehead atoms. The van der Waals surface area contributed by atoms with E-state index in [2.05, 4.69) is 20.6 Å². The van der Waals surface area contributed by atoms with Gasteiger partial charge in [0.1, 0.15) is 0 Å². The van der Waals surface area contributed by atoms with Crippen LogP contribution in [0, 0.1) is 0 Å². The third-order valence-electron chi connectivity index (χ3n) is 2.60. The molecule has 0 heterocycles. The molecule has 0 aliphatic carbocycles. The Morgan fingerprint density at radius 3 is 1.28 bits per heavy atom. The molecule has 0 saturated heterocycles. The van der Waals surface area contributed by atoms with Crippen LogP contribution >= 0.6 is 0 Å². The van der Waals surface area contributed by atoms with Crippen LogP contribution in [0.3, 0.4) is 0 Å². The van der Waals surface area contributed by atoms with E-state index in [-0.39, 0.29) is 51.1 Å². The molecule has 0 amide bonds. The van der Waals surface area contributed by atoms with Crippen molar-refractivity contribution in [3.8, 4) is 0 Å². The summed E-state index contributed by atoms with van der Waals surface area (Å²) in [6.45, 7) is 16.7. The van der Waals surface area contributed by atoms with Crippen molar-refractivity contribution >= 4 is 11.7 Å². The van der Waals surface area contributed by atoms with E-state index >= 15 is 0 Å². The van der Waals surface area contributed by atoms with Gasteiger partial charge in [-0.3, -0.25) is 0 Å². The number of hydrogen-bond acceptors (Lipinski definition) is 2. The Hall–Kier alpha value is -0.371. The fourth-order valence-corrected chi connectivity index (χ4v) is 1.73. The number of aliphatic imine (C=N–C) groups is 2. The second kappa shape index (κ2) is 14.6. The monoisotopic (exact) mass is 526 g/mol. The molecule has 0 fully saturated rings. The molecule has 0 saturated carbocycles. The molecule has 29 heavy (non-hydrogen) atoms. The summed E-state index contributed by atoms with van der Waals surface area (Å²) in [4.78, 5) is 8.16. The van der Waals surface area contributed by atoms with Gasteiger partial charge in [0, 0.05) is 6.04 Å². The van der Waals surface area contributed by atoms with Gasteiger partial charge in [0.15, 0.2) is 0 Å². The summed E-state index contributed by atoms with van der Waals surface area (Å²) in [5.41, 5.74) is -0.645. The topological polar surface area (TPSA) is 52.9 Å². The number of hydrogen-bond donors (Lipinski definition) is 0. The van der Waals surface area contributed by atoms with Gasteiger partial charge in [-0.05, 0) is 24.9 Å². The van der Waals surface area contributed by atoms with Crippen LogP contribution in [0.25, 0.3) is 10.6 Å². The minimum Gasteiger partial charge on any atom is -0.464 e. The molecule has 0 aliphatic heterocycles.